The van der Waals surface area contributed by atoms with Crippen LogP contribution in [0.15, 0.2) is 52.8 Å². The lowest BCUT2D eigenvalue weighted by Crippen LogP contribution is -2.29. The van der Waals surface area contributed by atoms with Crippen molar-refractivity contribution in [1.82, 2.24) is 14.8 Å². The number of esters is 1. The first-order chi connectivity index (χ1) is 17.9. The van der Waals surface area contributed by atoms with Gasteiger partial charge in [-0.1, -0.05) is 60.9 Å². The summed E-state index contributed by atoms with van der Waals surface area (Å²) in [6, 6.07) is 10.2. The van der Waals surface area contributed by atoms with Gasteiger partial charge in [0, 0.05) is 21.3 Å². The molecule has 0 aliphatic carbocycles. The van der Waals surface area contributed by atoms with Crippen molar-refractivity contribution in [3.63, 3.8) is 0 Å². The van der Waals surface area contributed by atoms with Gasteiger partial charge in [-0.3, -0.25) is 0 Å². The number of rotatable bonds is 10. The standard InChI is InChI=1S/C26H28Cl2N4O4S/c1-5-11-35-24(33)22-15(3)29-25-30-26(37-6-2)31-32(25)23(22)16-8-10-20(21(12-16)34-4)36-14-17-7-9-18(27)13-19(17)28/h7-10,12-13,23H,5-6,11,14H2,1-4H3,(H,29,30,31). The molecule has 1 aliphatic rings. The van der Waals surface area contributed by atoms with Gasteiger partial charge in [-0.15, -0.1) is 5.10 Å². The minimum atomic E-state index is -0.562. The molecule has 0 saturated carbocycles. The van der Waals surface area contributed by atoms with Gasteiger partial charge in [0.1, 0.15) is 12.6 Å². The largest absolute Gasteiger partial charge is 0.493 e. The third-order valence-corrected chi connectivity index (χ3v) is 6.97. The van der Waals surface area contributed by atoms with Gasteiger partial charge >= 0.3 is 5.97 Å². The van der Waals surface area contributed by atoms with Crippen LogP contribution in [0.3, 0.4) is 0 Å². The fraction of sp³-hybridized carbons (Fsp3) is 0.346. The van der Waals surface area contributed by atoms with Crippen LogP contribution >= 0.6 is 35.0 Å². The van der Waals surface area contributed by atoms with E-state index in [0.29, 0.717) is 50.5 Å². The van der Waals surface area contributed by atoms with Gasteiger partial charge in [0.25, 0.3) is 0 Å². The van der Waals surface area contributed by atoms with E-state index >= 15 is 0 Å². The first-order valence-corrected chi connectivity index (χ1v) is 13.6. The van der Waals surface area contributed by atoms with Crippen molar-refractivity contribution in [2.24, 2.45) is 0 Å². The molecule has 0 bridgehead atoms. The van der Waals surface area contributed by atoms with Crippen LogP contribution in [0.4, 0.5) is 5.95 Å². The van der Waals surface area contributed by atoms with Gasteiger partial charge in [0.15, 0.2) is 11.5 Å². The normalized spacial score (nSPS) is 14.7. The maximum Gasteiger partial charge on any atom is 0.338 e. The van der Waals surface area contributed by atoms with Gasteiger partial charge in [0.05, 0.1) is 19.3 Å². The Morgan fingerprint density at radius 3 is 2.68 bits per heavy atom. The number of ether oxygens (including phenoxy) is 3. The van der Waals surface area contributed by atoms with Crippen LogP contribution in [0, 0.1) is 0 Å². The summed E-state index contributed by atoms with van der Waals surface area (Å²) in [6.07, 6.45) is 0.722. The van der Waals surface area contributed by atoms with Crippen molar-refractivity contribution >= 4 is 46.9 Å². The number of nitrogens with zero attached hydrogens (tertiary/aromatic N) is 3. The molecule has 1 unspecified atom stereocenters. The Labute approximate surface area is 230 Å². The molecular formula is C26H28Cl2N4O4S. The van der Waals surface area contributed by atoms with Gasteiger partial charge in [0.2, 0.25) is 11.1 Å². The Morgan fingerprint density at radius 1 is 1.16 bits per heavy atom. The Morgan fingerprint density at radius 2 is 1.97 bits per heavy atom. The number of nitrogens with one attached hydrogen (secondary N) is 1. The lowest BCUT2D eigenvalue weighted by atomic mass is 9.95. The molecule has 3 aromatic rings. The fourth-order valence-corrected chi connectivity index (χ4v) is 4.95. The highest BCUT2D eigenvalue weighted by molar-refractivity contribution is 7.99. The number of thioether (sulfide) groups is 1. The van der Waals surface area contributed by atoms with E-state index in [2.05, 4.69) is 15.4 Å². The third-order valence-electron chi connectivity index (χ3n) is 5.67. The summed E-state index contributed by atoms with van der Waals surface area (Å²) in [5.41, 5.74) is 2.69. The summed E-state index contributed by atoms with van der Waals surface area (Å²) in [4.78, 5) is 17.8. The van der Waals surface area contributed by atoms with E-state index in [1.807, 2.05) is 45.0 Å². The van der Waals surface area contributed by atoms with Crippen molar-refractivity contribution in [2.75, 3.05) is 24.8 Å². The zero-order chi connectivity index (χ0) is 26.5. The number of carbonyl (C=O) groups excluding carboxylic acids is 1. The first-order valence-electron chi connectivity index (χ1n) is 11.8. The van der Waals surface area contributed by atoms with E-state index in [0.717, 1.165) is 23.3 Å². The third kappa shape index (κ3) is 6.00. The Balaban J connectivity index is 1.70. The molecule has 2 heterocycles. The number of hydrogen-bond acceptors (Lipinski definition) is 8. The number of benzene rings is 2. The second-order valence-electron chi connectivity index (χ2n) is 8.23. The molecule has 8 nitrogen and oxygen atoms in total. The molecule has 37 heavy (non-hydrogen) atoms. The summed E-state index contributed by atoms with van der Waals surface area (Å²) >= 11 is 13.8. The maximum absolute atomic E-state index is 13.2. The van der Waals surface area contributed by atoms with Crippen LogP contribution in [0.1, 0.15) is 44.4 Å². The molecule has 0 saturated heterocycles. The smallest absolute Gasteiger partial charge is 0.338 e. The second kappa shape index (κ2) is 12.1. The number of anilines is 1. The maximum atomic E-state index is 13.2. The zero-order valence-electron chi connectivity index (χ0n) is 21.0. The molecular weight excluding hydrogens is 535 g/mol. The minimum Gasteiger partial charge on any atom is -0.493 e. The van der Waals surface area contributed by atoms with Crippen molar-refractivity contribution in [3.05, 3.63) is 68.8 Å². The van der Waals surface area contributed by atoms with Crippen molar-refractivity contribution in [3.8, 4) is 11.5 Å². The van der Waals surface area contributed by atoms with E-state index in [1.165, 1.54) is 11.8 Å². The lowest BCUT2D eigenvalue weighted by molar-refractivity contribution is -0.139. The molecule has 196 valence electrons. The molecule has 11 heteroatoms. The van der Waals surface area contributed by atoms with Gasteiger partial charge in [-0.2, -0.15) is 4.98 Å². The van der Waals surface area contributed by atoms with E-state index < -0.39 is 12.0 Å². The minimum absolute atomic E-state index is 0.234. The number of carbonyl (C=O) groups is 1. The SMILES string of the molecule is CCCOC(=O)C1=C(C)Nc2nc(SCC)nn2C1c1ccc(OCc2ccc(Cl)cc2Cl)c(OC)c1. The molecule has 1 N–H and O–H groups in total. The molecule has 0 spiro atoms. The van der Waals surface area contributed by atoms with Crippen molar-refractivity contribution in [1.29, 1.82) is 0 Å². The quantitative estimate of drug-likeness (QED) is 0.220. The Hall–Kier alpha value is -2.88. The topological polar surface area (TPSA) is 87.5 Å². The second-order valence-corrected chi connectivity index (χ2v) is 10.3. The monoisotopic (exact) mass is 562 g/mol. The molecule has 0 radical (unpaired) electrons. The van der Waals surface area contributed by atoms with Gasteiger partial charge in [-0.05, 0) is 48.9 Å². The predicted molar refractivity (Wildman–Crippen MR) is 146 cm³/mol. The summed E-state index contributed by atoms with van der Waals surface area (Å²) in [7, 11) is 1.57. The number of halogens is 2. The molecule has 0 fully saturated rings. The van der Waals surface area contributed by atoms with Crippen molar-refractivity contribution in [2.45, 2.75) is 45.0 Å². The molecule has 1 aromatic heterocycles. The number of methoxy groups -OCH3 is 1. The van der Waals surface area contributed by atoms with E-state index in [9.17, 15) is 4.79 Å². The summed E-state index contributed by atoms with van der Waals surface area (Å²) in [5.74, 6) is 2.01. The molecule has 1 aliphatic heterocycles. The highest BCUT2D eigenvalue weighted by atomic mass is 35.5. The van der Waals surface area contributed by atoms with Crippen LogP contribution in [-0.4, -0.2) is 40.2 Å². The number of hydrogen-bond donors (Lipinski definition) is 1. The first kappa shape index (κ1) is 27.2. The van der Waals surface area contributed by atoms with Crippen LogP contribution in [-0.2, 0) is 16.1 Å². The predicted octanol–water partition coefficient (Wildman–Crippen LogP) is 6.53. The lowest BCUT2D eigenvalue weighted by Gasteiger charge is -2.28. The number of aromatic nitrogens is 3. The van der Waals surface area contributed by atoms with E-state index in [-0.39, 0.29) is 6.61 Å². The summed E-state index contributed by atoms with van der Waals surface area (Å²) < 4.78 is 18.9. The molecule has 2 aromatic carbocycles. The van der Waals surface area contributed by atoms with Crippen LogP contribution in [0.25, 0.3) is 0 Å². The average Bonchev–Trinajstić information content (AvgIpc) is 3.28. The van der Waals surface area contributed by atoms with Gasteiger partial charge in [-0.25, -0.2) is 9.48 Å². The van der Waals surface area contributed by atoms with Crippen LogP contribution < -0.4 is 14.8 Å². The zero-order valence-corrected chi connectivity index (χ0v) is 23.3. The molecule has 0 amide bonds. The summed E-state index contributed by atoms with van der Waals surface area (Å²) in [6.45, 7) is 6.39. The summed E-state index contributed by atoms with van der Waals surface area (Å²) in [5, 5.41) is 9.60. The molecule has 1 atom stereocenters. The van der Waals surface area contributed by atoms with E-state index in [4.69, 9.17) is 37.4 Å². The number of allylic oxidation sites excluding steroid dienone is 1. The highest BCUT2D eigenvalue weighted by Gasteiger charge is 2.35. The van der Waals surface area contributed by atoms with E-state index in [1.54, 1.807) is 23.9 Å². The van der Waals surface area contributed by atoms with Crippen molar-refractivity contribution < 1.29 is 19.0 Å². The fourth-order valence-electron chi connectivity index (χ4n) is 3.93. The Bertz CT molecular complexity index is 1330. The van der Waals surface area contributed by atoms with Gasteiger partial charge < -0.3 is 19.5 Å². The number of fused-ring (bicyclic) bond motifs is 1. The van der Waals surface area contributed by atoms with Crippen LogP contribution in [0.2, 0.25) is 10.0 Å². The molecule has 4 rings (SSSR count). The highest BCUT2D eigenvalue weighted by Crippen LogP contribution is 2.40. The Kier molecular flexibility index (Phi) is 8.89. The van der Waals surface area contributed by atoms with Crippen LogP contribution in [0.5, 0.6) is 11.5 Å². The average molecular weight is 564 g/mol.